The number of hydrogen-bond donors (Lipinski definition) is 2. The molecule has 32 heavy (non-hydrogen) atoms. The van der Waals surface area contributed by atoms with Crippen molar-refractivity contribution in [2.75, 3.05) is 5.73 Å². The van der Waals surface area contributed by atoms with Gasteiger partial charge in [0.2, 0.25) is 0 Å². The van der Waals surface area contributed by atoms with Gasteiger partial charge in [-0.25, -0.2) is 24.3 Å². The van der Waals surface area contributed by atoms with Gasteiger partial charge in [0.1, 0.15) is 23.5 Å². The fraction of sp³-hybridized carbons (Fsp3) is 0.136. The molecule has 0 atom stereocenters. The third-order valence-electron chi connectivity index (χ3n) is 4.74. The average molecular weight is 452 g/mol. The van der Waals surface area contributed by atoms with E-state index in [2.05, 4.69) is 24.9 Å². The van der Waals surface area contributed by atoms with Crippen LogP contribution in [-0.4, -0.2) is 29.5 Å². The highest BCUT2D eigenvalue weighted by Crippen LogP contribution is 2.24. The van der Waals surface area contributed by atoms with E-state index >= 15 is 0 Å². The zero-order valence-corrected chi connectivity index (χ0v) is 17.8. The van der Waals surface area contributed by atoms with Gasteiger partial charge < -0.3 is 10.7 Å². The Hall–Kier alpha value is -3.85. The fourth-order valence-corrected chi connectivity index (χ4v) is 3.51. The zero-order chi connectivity index (χ0) is 22.7. The Kier molecular flexibility index (Phi) is 6.09. The van der Waals surface area contributed by atoms with Crippen molar-refractivity contribution in [3.8, 4) is 5.69 Å². The van der Waals surface area contributed by atoms with Crippen LogP contribution >= 0.6 is 11.6 Å². The molecule has 0 saturated heterocycles. The number of nitrogen functional groups attached to an aromatic ring is 1. The minimum absolute atomic E-state index is 0.116. The Morgan fingerprint density at radius 3 is 2.62 bits per heavy atom. The normalized spacial score (nSPS) is 10.8. The Bertz CT molecular complexity index is 1450. The van der Waals surface area contributed by atoms with E-state index in [9.17, 15) is 9.18 Å². The maximum Gasteiger partial charge on any atom is 0.267 e. The summed E-state index contributed by atoms with van der Waals surface area (Å²) in [4.78, 5) is 31.7. The topological polar surface area (TPSA) is 115 Å². The Balaban J connectivity index is 0.000000203. The van der Waals surface area contributed by atoms with Crippen molar-refractivity contribution in [3.63, 3.8) is 0 Å². The van der Waals surface area contributed by atoms with E-state index < -0.39 is 5.82 Å². The summed E-state index contributed by atoms with van der Waals surface area (Å²) in [5, 5.41) is -0.0619. The van der Waals surface area contributed by atoms with Crippen LogP contribution in [-0.2, 0) is 6.42 Å². The molecule has 0 spiro atoms. The molecule has 0 amide bonds. The molecule has 0 aliphatic rings. The molecule has 5 aromatic rings. The number of rotatable bonds is 3. The predicted octanol–water partition coefficient (Wildman–Crippen LogP) is 4.07. The maximum atomic E-state index is 13.7. The van der Waals surface area contributed by atoms with Gasteiger partial charge in [0.25, 0.3) is 5.56 Å². The smallest absolute Gasteiger partial charge is 0.267 e. The quantitative estimate of drug-likeness (QED) is 0.427. The third-order valence-corrected chi connectivity index (χ3v) is 5.11. The maximum absolute atomic E-state index is 13.7. The molecular weight excluding hydrogens is 433 g/mol. The van der Waals surface area contributed by atoms with E-state index in [4.69, 9.17) is 17.3 Å². The van der Waals surface area contributed by atoms with Crippen molar-refractivity contribution in [1.29, 1.82) is 0 Å². The first-order valence-electron chi connectivity index (χ1n) is 9.85. The number of nitrogens with one attached hydrogen (secondary N) is 1. The molecule has 10 heteroatoms. The number of anilines is 1. The van der Waals surface area contributed by atoms with E-state index in [1.807, 2.05) is 37.3 Å². The number of aryl methyl sites for hydroxylation is 1. The molecule has 5 rings (SSSR count). The summed E-state index contributed by atoms with van der Waals surface area (Å²) in [6.07, 6.45) is 4.42. The zero-order valence-electron chi connectivity index (χ0n) is 17.1. The predicted molar refractivity (Wildman–Crippen MR) is 122 cm³/mol. The fourth-order valence-electron chi connectivity index (χ4n) is 3.27. The van der Waals surface area contributed by atoms with Gasteiger partial charge >= 0.3 is 0 Å². The molecule has 0 radical (unpaired) electrons. The van der Waals surface area contributed by atoms with Crippen LogP contribution in [0.2, 0.25) is 5.02 Å². The van der Waals surface area contributed by atoms with Gasteiger partial charge in [-0.3, -0.25) is 9.36 Å². The number of imidazole rings is 1. The van der Waals surface area contributed by atoms with Crippen LogP contribution in [0.5, 0.6) is 0 Å². The van der Waals surface area contributed by atoms with Crippen LogP contribution < -0.4 is 11.3 Å². The highest BCUT2D eigenvalue weighted by molar-refractivity contribution is 6.35. The molecule has 0 bridgehead atoms. The van der Waals surface area contributed by atoms with Crippen molar-refractivity contribution < 1.29 is 4.39 Å². The summed E-state index contributed by atoms with van der Waals surface area (Å²) in [5.74, 6) is 0.465. The largest absolute Gasteiger partial charge is 0.382 e. The van der Waals surface area contributed by atoms with Crippen molar-refractivity contribution in [3.05, 3.63) is 82.1 Å². The van der Waals surface area contributed by atoms with Crippen molar-refractivity contribution in [1.82, 2.24) is 29.5 Å². The van der Waals surface area contributed by atoms with Gasteiger partial charge in [0, 0.05) is 6.42 Å². The summed E-state index contributed by atoms with van der Waals surface area (Å²) >= 11 is 5.99. The van der Waals surface area contributed by atoms with Crippen molar-refractivity contribution >= 4 is 39.5 Å². The number of H-pyrrole nitrogens is 1. The summed E-state index contributed by atoms with van der Waals surface area (Å²) in [5.41, 5.74) is 7.56. The summed E-state index contributed by atoms with van der Waals surface area (Å²) in [6.45, 7) is 2.02. The van der Waals surface area contributed by atoms with Crippen LogP contribution in [0, 0.1) is 5.82 Å². The Labute approximate surface area is 186 Å². The lowest BCUT2D eigenvalue weighted by Crippen LogP contribution is -2.24. The molecule has 0 saturated carbocycles. The highest BCUT2D eigenvalue weighted by atomic mass is 35.5. The molecule has 0 fully saturated rings. The second-order valence-corrected chi connectivity index (χ2v) is 7.25. The van der Waals surface area contributed by atoms with Crippen LogP contribution in [0.4, 0.5) is 10.2 Å². The molecule has 162 valence electrons. The van der Waals surface area contributed by atoms with Gasteiger partial charge in [-0.2, -0.15) is 0 Å². The number of halogens is 2. The number of para-hydroxylation sites is 1. The van der Waals surface area contributed by atoms with Gasteiger partial charge in [-0.05, 0) is 30.7 Å². The van der Waals surface area contributed by atoms with E-state index in [1.54, 1.807) is 0 Å². The number of hydrogen-bond acceptors (Lipinski definition) is 6. The molecular formula is C22H19ClFN7O. The van der Waals surface area contributed by atoms with Crippen molar-refractivity contribution in [2.24, 2.45) is 0 Å². The number of aromatic amines is 1. The summed E-state index contributed by atoms with van der Waals surface area (Å²) in [6, 6.07) is 11.9. The minimum atomic E-state index is -0.615. The van der Waals surface area contributed by atoms with E-state index in [0.29, 0.717) is 40.4 Å². The van der Waals surface area contributed by atoms with E-state index in [-0.39, 0.29) is 16.0 Å². The minimum Gasteiger partial charge on any atom is -0.382 e. The molecule has 8 nitrogen and oxygen atoms in total. The standard InChI is InChI=1S/C17H14ClFN2O.C5H5N5/c1-2-6-14-20-13-10-9-12(19)16(18)15(13)17(22)21(14)11-7-4-3-5-8-11;6-4-3-5(9-1-7-3)10-2-8-4/h3-5,7-10H,2,6H2,1H3;1-2H,(H3,6,7,8,9,10). The average Bonchev–Trinajstić information content (AvgIpc) is 3.28. The Morgan fingerprint density at radius 2 is 1.91 bits per heavy atom. The second-order valence-electron chi connectivity index (χ2n) is 6.87. The first-order valence-corrected chi connectivity index (χ1v) is 10.2. The highest BCUT2D eigenvalue weighted by Gasteiger charge is 2.16. The number of aromatic nitrogens is 6. The molecule has 2 aromatic carbocycles. The molecule has 0 unspecified atom stereocenters. The summed E-state index contributed by atoms with van der Waals surface area (Å²) in [7, 11) is 0. The monoisotopic (exact) mass is 451 g/mol. The van der Waals surface area contributed by atoms with Crippen LogP contribution in [0.1, 0.15) is 19.2 Å². The first kappa shape index (κ1) is 21.4. The third kappa shape index (κ3) is 4.02. The van der Waals surface area contributed by atoms with Crippen LogP contribution in [0.3, 0.4) is 0 Å². The molecule has 3 heterocycles. The van der Waals surface area contributed by atoms with Gasteiger partial charge in [-0.15, -0.1) is 0 Å². The van der Waals surface area contributed by atoms with E-state index in [0.717, 1.165) is 6.42 Å². The number of nitrogens with zero attached hydrogens (tertiary/aromatic N) is 5. The first-order chi connectivity index (χ1) is 15.5. The Morgan fingerprint density at radius 1 is 1.12 bits per heavy atom. The van der Waals surface area contributed by atoms with Crippen LogP contribution in [0.15, 0.2) is 59.9 Å². The number of benzene rings is 2. The van der Waals surface area contributed by atoms with Crippen LogP contribution in [0.25, 0.3) is 27.8 Å². The SMILES string of the molecule is CCCc1nc2ccc(F)c(Cl)c2c(=O)n1-c1ccccc1.Nc1ncnc2nc[nH]c12. The van der Waals surface area contributed by atoms with Gasteiger partial charge in [0.05, 0.1) is 27.9 Å². The van der Waals surface area contributed by atoms with Crippen molar-refractivity contribution in [2.45, 2.75) is 19.8 Å². The lowest BCUT2D eigenvalue weighted by molar-refractivity contribution is 0.629. The number of nitrogens with two attached hydrogens (primary N) is 1. The molecule has 3 N–H and O–H groups in total. The van der Waals surface area contributed by atoms with E-state index in [1.165, 1.54) is 29.4 Å². The number of fused-ring (bicyclic) bond motifs is 2. The second kappa shape index (κ2) is 9.11. The lowest BCUT2D eigenvalue weighted by Gasteiger charge is -2.13. The molecule has 3 aromatic heterocycles. The summed E-state index contributed by atoms with van der Waals surface area (Å²) < 4.78 is 15.2. The molecule has 0 aliphatic heterocycles. The molecule has 0 aliphatic carbocycles. The van der Waals surface area contributed by atoms with Gasteiger partial charge in [0.15, 0.2) is 11.5 Å². The lowest BCUT2D eigenvalue weighted by atomic mass is 10.2. The van der Waals surface area contributed by atoms with Gasteiger partial charge in [-0.1, -0.05) is 36.7 Å².